The molecule has 0 atom stereocenters. The van der Waals surface area contributed by atoms with Crippen molar-refractivity contribution in [1.29, 1.82) is 0 Å². The molecule has 0 aromatic carbocycles. The SMILES string of the molecule is C#CC(CCC(C)C)CCC(C)C. The Balaban J connectivity index is 3.59. The van der Waals surface area contributed by atoms with E-state index in [-0.39, 0.29) is 0 Å². The van der Waals surface area contributed by atoms with Crippen LogP contribution < -0.4 is 0 Å². The third-order valence-corrected chi connectivity index (χ3v) is 2.42. The Labute approximate surface area is 84.1 Å². The molecular weight excluding hydrogens is 156 g/mol. The second-order valence-corrected chi connectivity index (χ2v) is 4.81. The molecule has 76 valence electrons. The number of rotatable bonds is 6. The highest BCUT2D eigenvalue weighted by molar-refractivity contribution is 4.92. The molecule has 0 N–H and O–H groups in total. The van der Waals surface area contributed by atoms with E-state index in [1.54, 1.807) is 0 Å². The Kier molecular flexibility index (Phi) is 6.77. The van der Waals surface area contributed by atoms with Crippen LogP contribution in [0.4, 0.5) is 0 Å². The van der Waals surface area contributed by atoms with Crippen LogP contribution in [0.15, 0.2) is 0 Å². The first-order chi connectivity index (χ1) is 6.06. The van der Waals surface area contributed by atoms with Crippen molar-refractivity contribution >= 4 is 0 Å². The molecule has 0 unspecified atom stereocenters. The van der Waals surface area contributed by atoms with E-state index in [1.165, 1.54) is 25.7 Å². The van der Waals surface area contributed by atoms with E-state index < -0.39 is 0 Å². The molecule has 0 fully saturated rings. The lowest BCUT2D eigenvalue weighted by atomic mass is 9.92. The van der Waals surface area contributed by atoms with Crippen molar-refractivity contribution in [3.63, 3.8) is 0 Å². The summed E-state index contributed by atoms with van der Waals surface area (Å²) >= 11 is 0. The zero-order valence-corrected chi connectivity index (χ0v) is 9.64. The van der Waals surface area contributed by atoms with E-state index in [1.807, 2.05) is 0 Å². The summed E-state index contributed by atoms with van der Waals surface area (Å²) in [4.78, 5) is 0. The molecule has 0 aliphatic heterocycles. The Hall–Kier alpha value is -0.440. The van der Waals surface area contributed by atoms with Gasteiger partial charge in [0, 0.05) is 5.92 Å². The maximum Gasteiger partial charge on any atom is 0.0200 e. The van der Waals surface area contributed by atoms with Crippen LogP contribution in [-0.2, 0) is 0 Å². The molecule has 0 aliphatic rings. The average Bonchev–Trinajstić information content (AvgIpc) is 2.04. The van der Waals surface area contributed by atoms with Crippen LogP contribution in [0.2, 0.25) is 0 Å². The van der Waals surface area contributed by atoms with Gasteiger partial charge in [-0.1, -0.05) is 27.7 Å². The van der Waals surface area contributed by atoms with E-state index in [2.05, 4.69) is 33.6 Å². The molecule has 0 bridgehead atoms. The van der Waals surface area contributed by atoms with Crippen molar-refractivity contribution in [2.75, 3.05) is 0 Å². The molecule has 0 heteroatoms. The summed E-state index contributed by atoms with van der Waals surface area (Å²) in [5.74, 6) is 5.00. The zero-order valence-electron chi connectivity index (χ0n) is 9.64. The van der Waals surface area contributed by atoms with Crippen molar-refractivity contribution < 1.29 is 0 Å². The second-order valence-electron chi connectivity index (χ2n) is 4.81. The van der Waals surface area contributed by atoms with Gasteiger partial charge < -0.3 is 0 Å². The summed E-state index contributed by atoms with van der Waals surface area (Å²) in [6.07, 6.45) is 10.5. The quantitative estimate of drug-likeness (QED) is 0.540. The lowest BCUT2D eigenvalue weighted by molar-refractivity contribution is 0.431. The van der Waals surface area contributed by atoms with Crippen LogP contribution in [0, 0.1) is 30.1 Å². The predicted molar refractivity (Wildman–Crippen MR) is 60.5 cm³/mol. The van der Waals surface area contributed by atoms with E-state index >= 15 is 0 Å². The fourth-order valence-electron chi connectivity index (χ4n) is 1.38. The molecule has 0 aromatic rings. The second kappa shape index (κ2) is 7.01. The smallest absolute Gasteiger partial charge is 0.0200 e. The fourth-order valence-corrected chi connectivity index (χ4v) is 1.38. The minimum Gasteiger partial charge on any atom is -0.120 e. The standard InChI is InChI=1S/C13H24/c1-6-13(9-7-11(2)3)10-8-12(4)5/h1,11-13H,7-10H2,2-5H3. The zero-order chi connectivity index (χ0) is 10.3. The van der Waals surface area contributed by atoms with Gasteiger partial charge in [0.25, 0.3) is 0 Å². The van der Waals surface area contributed by atoms with Crippen LogP contribution in [0.5, 0.6) is 0 Å². The third-order valence-electron chi connectivity index (χ3n) is 2.42. The van der Waals surface area contributed by atoms with E-state index in [0.29, 0.717) is 5.92 Å². The molecule has 0 aliphatic carbocycles. The molecule has 0 saturated heterocycles. The molecular formula is C13H24. The summed E-state index contributed by atoms with van der Waals surface area (Å²) in [5, 5.41) is 0. The largest absolute Gasteiger partial charge is 0.120 e. The summed E-state index contributed by atoms with van der Waals surface area (Å²) in [5.41, 5.74) is 0. The average molecular weight is 180 g/mol. The highest BCUT2D eigenvalue weighted by atomic mass is 14.1. The van der Waals surface area contributed by atoms with Gasteiger partial charge in [0.15, 0.2) is 0 Å². The molecule has 13 heavy (non-hydrogen) atoms. The molecule has 0 heterocycles. The van der Waals surface area contributed by atoms with Gasteiger partial charge >= 0.3 is 0 Å². The molecule has 0 spiro atoms. The predicted octanol–water partition coefficient (Wildman–Crippen LogP) is 4.11. The first-order valence-electron chi connectivity index (χ1n) is 5.52. The van der Waals surface area contributed by atoms with Gasteiger partial charge in [-0.3, -0.25) is 0 Å². The molecule has 0 radical (unpaired) electrons. The van der Waals surface area contributed by atoms with Crippen molar-refractivity contribution in [3.8, 4) is 12.3 Å². The van der Waals surface area contributed by atoms with Gasteiger partial charge in [0.05, 0.1) is 0 Å². The maximum atomic E-state index is 5.50. The molecule has 0 aromatic heterocycles. The highest BCUT2D eigenvalue weighted by Crippen LogP contribution is 2.18. The maximum absolute atomic E-state index is 5.50. The summed E-state index contributed by atoms with van der Waals surface area (Å²) in [6, 6.07) is 0. The van der Waals surface area contributed by atoms with Gasteiger partial charge in [-0.2, -0.15) is 0 Å². The minimum absolute atomic E-state index is 0.518. The normalized spacial score (nSPS) is 11.2. The van der Waals surface area contributed by atoms with Gasteiger partial charge in [0.2, 0.25) is 0 Å². The number of hydrogen-bond acceptors (Lipinski definition) is 0. The molecule has 0 amide bonds. The first kappa shape index (κ1) is 12.6. The Morgan fingerprint density at radius 1 is 0.846 bits per heavy atom. The monoisotopic (exact) mass is 180 g/mol. The number of terminal acetylenes is 1. The Bertz CT molecular complexity index is 136. The first-order valence-corrected chi connectivity index (χ1v) is 5.52. The molecule has 0 rings (SSSR count). The van der Waals surface area contributed by atoms with Crippen LogP contribution in [0.1, 0.15) is 53.4 Å². The van der Waals surface area contributed by atoms with E-state index in [4.69, 9.17) is 6.42 Å². The van der Waals surface area contributed by atoms with Crippen LogP contribution in [0.3, 0.4) is 0 Å². The van der Waals surface area contributed by atoms with Crippen LogP contribution in [0.25, 0.3) is 0 Å². The van der Waals surface area contributed by atoms with Crippen molar-refractivity contribution in [2.45, 2.75) is 53.4 Å². The van der Waals surface area contributed by atoms with Crippen LogP contribution in [-0.4, -0.2) is 0 Å². The summed E-state index contributed by atoms with van der Waals surface area (Å²) < 4.78 is 0. The van der Waals surface area contributed by atoms with Gasteiger partial charge in [-0.25, -0.2) is 0 Å². The Morgan fingerprint density at radius 3 is 1.46 bits per heavy atom. The van der Waals surface area contributed by atoms with Crippen LogP contribution >= 0.6 is 0 Å². The highest BCUT2D eigenvalue weighted by Gasteiger charge is 2.07. The van der Waals surface area contributed by atoms with Gasteiger partial charge in [-0.05, 0) is 37.5 Å². The van der Waals surface area contributed by atoms with E-state index in [0.717, 1.165) is 11.8 Å². The van der Waals surface area contributed by atoms with Gasteiger partial charge in [0.1, 0.15) is 0 Å². The Morgan fingerprint density at radius 2 is 1.23 bits per heavy atom. The molecule has 0 saturated carbocycles. The fraction of sp³-hybridized carbons (Fsp3) is 0.846. The van der Waals surface area contributed by atoms with Crippen molar-refractivity contribution in [2.24, 2.45) is 17.8 Å². The lowest BCUT2D eigenvalue weighted by Gasteiger charge is -2.13. The van der Waals surface area contributed by atoms with E-state index in [9.17, 15) is 0 Å². The van der Waals surface area contributed by atoms with Crippen molar-refractivity contribution in [1.82, 2.24) is 0 Å². The number of hydrogen-bond donors (Lipinski definition) is 0. The minimum atomic E-state index is 0.518. The summed E-state index contributed by atoms with van der Waals surface area (Å²) in [6.45, 7) is 9.04. The molecule has 0 nitrogen and oxygen atoms in total. The van der Waals surface area contributed by atoms with Gasteiger partial charge in [-0.15, -0.1) is 12.3 Å². The van der Waals surface area contributed by atoms with Crippen molar-refractivity contribution in [3.05, 3.63) is 0 Å². The topological polar surface area (TPSA) is 0 Å². The summed E-state index contributed by atoms with van der Waals surface area (Å²) in [7, 11) is 0. The third kappa shape index (κ3) is 7.91. The lowest BCUT2D eigenvalue weighted by Crippen LogP contribution is -2.01.